The molecule has 0 amide bonds. The second-order valence-corrected chi connectivity index (χ2v) is 11.8. The van der Waals surface area contributed by atoms with E-state index in [4.69, 9.17) is 14.6 Å². The van der Waals surface area contributed by atoms with Crippen molar-refractivity contribution in [3.05, 3.63) is 0 Å². The zero-order valence-electron chi connectivity index (χ0n) is 19.9. The lowest BCUT2D eigenvalue weighted by Crippen LogP contribution is -2.54. The number of carbonyl (C=O) groups excluding carboxylic acids is 1. The van der Waals surface area contributed by atoms with Gasteiger partial charge in [-0.15, -0.1) is 0 Å². The molecule has 4 fully saturated rings. The average molecular weight is 435 g/mol. The van der Waals surface area contributed by atoms with E-state index in [2.05, 4.69) is 20.8 Å². The predicted molar refractivity (Wildman–Crippen MR) is 119 cm³/mol. The van der Waals surface area contributed by atoms with Crippen LogP contribution in [0.1, 0.15) is 91.4 Å². The van der Waals surface area contributed by atoms with Crippen LogP contribution in [0.3, 0.4) is 0 Å². The second-order valence-electron chi connectivity index (χ2n) is 11.8. The van der Waals surface area contributed by atoms with Crippen molar-refractivity contribution < 1.29 is 24.2 Å². The molecule has 4 rings (SSSR count). The minimum absolute atomic E-state index is 0.0156. The zero-order chi connectivity index (χ0) is 22.4. The first-order valence-corrected chi connectivity index (χ1v) is 12.7. The van der Waals surface area contributed by atoms with Crippen molar-refractivity contribution in [1.82, 2.24) is 0 Å². The molecule has 4 aliphatic rings. The summed E-state index contributed by atoms with van der Waals surface area (Å²) >= 11 is 0. The third-order valence-electron chi connectivity index (χ3n) is 10.6. The van der Waals surface area contributed by atoms with E-state index in [0.717, 1.165) is 43.4 Å². The van der Waals surface area contributed by atoms with Crippen LogP contribution in [0.4, 0.5) is 4.79 Å². The van der Waals surface area contributed by atoms with Gasteiger partial charge in [-0.3, -0.25) is 4.79 Å². The second kappa shape index (κ2) is 8.59. The van der Waals surface area contributed by atoms with Crippen LogP contribution in [0, 0.1) is 46.3 Å². The van der Waals surface area contributed by atoms with E-state index >= 15 is 0 Å². The van der Waals surface area contributed by atoms with Crippen LogP contribution >= 0.6 is 0 Å². The van der Waals surface area contributed by atoms with Gasteiger partial charge in [0.15, 0.2) is 0 Å². The van der Waals surface area contributed by atoms with E-state index in [9.17, 15) is 9.59 Å². The first-order chi connectivity index (χ1) is 14.7. The Kier molecular flexibility index (Phi) is 6.35. The molecule has 5 heteroatoms. The Hall–Kier alpha value is -1.26. The average Bonchev–Trinajstić information content (AvgIpc) is 3.09. The summed E-state index contributed by atoms with van der Waals surface area (Å²) in [6.07, 6.45) is 11.5. The third-order valence-corrected chi connectivity index (χ3v) is 10.6. The summed E-state index contributed by atoms with van der Waals surface area (Å²) in [6, 6.07) is 0. The van der Waals surface area contributed by atoms with Crippen LogP contribution in [0.5, 0.6) is 0 Å². The SMILES string of the molecule is COC(=O)O[C@@H]1CC[C@@]2(C)[C@H](CC[C@@H]3[C@@H]2CC[C@]2(C)[C@@H]([C@H](C)CCC(=O)O)CC[C@@H]32)C1. The third kappa shape index (κ3) is 3.99. The molecule has 0 aliphatic heterocycles. The molecule has 0 radical (unpaired) electrons. The van der Waals surface area contributed by atoms with E-state index in [1.807, 2.05) is 0 Å². The largest absolute Gasteiger partial charge is 0.508 e. The molecule has 0 bridgehead atoms. The standard InChI is InChI=1S/C26H42O5/c1-16(5-10-23(27)28)20-8-9-21-19-7-6-17-15-18(31-24(29)30-4)11-13-25(17,2)22(19)12-14-26(20,21)3/h16-22H,5-15H2,1-4H3,(H,27,28)/t16-,17-,18-,19+,20-,21+,22+,25+,26-/m1/s1. The highest BCUT2D eigenvalue weighted by molar-refractivity contribution is 5.66. The number of fused-ring (bicyclic) bond motifs is 5. The Morgan fingerprint density at radius 3 is 2.42 bits per heavy atom. The highest BCUT2D eigenvalue weighted by atomic mass is 16.7. The number of hydrogen-bond acceptors (Lipinski definition) is 4. The molecular weight excluding hydrogens is 392 g/mol. The van der Waals surface area contributed by atoms with E-state index in [-0.39, 0.29) is 6.10 Å². The van der Waals surface area contributed by atoms with Crippen molar-refractivity contribution in [3.63, 3.8) is 0 Å². The maximum absolute atomic E-state index is 11.6. The van der Waals surface area contributed by atoms with Gasteiger partial charge < -0.3 is 14.6 Å². The number of carboxylic acid groups (broad SMARTS) is 1. The van der Waals surface area contributed by atoms with Gasteiger partial charge in [0.05, 0.1) is 7.11 Å². The number of methoxy groups -OCH3 is 1. The molecule has 9 atom stereocenters. The highest BCUT2D eigenvalue weighted by Gasteiger charge is 2.60. The van der Waals surface area contributed by atoms with Gasteiger partial charge in [-0.2, -0.15) is 0 Å². The van der Waals surface area contributed by atoms with E-state index < -0.39 is 12.1 Å². The van der Waals surface area contributed by atoms with Crippen LogP contribution < -0.4 is 0 Å². The minimum Gasteiger partial charge on any atom is -0.481 e. The summed E-state index contributed by atoms with van der Waals surface area (Å²) in [5, 5.41) is 9.14. The normalized spacial score (nSPS) is 45.0. The summed E-state index contributed by atoms with van der Waals surface area (Å²) in [7, 11) is 1.39. The molecule has 4 aliphatic carbocycles. The molecule has 0 spiro atoms. The number of carboxylic acids is 1. The Morgan fingerprint density at radius 1 is 1.00 bits per heavy atom. The predicted octanol–water partition coefficient (Wildman–Crippen LogP) is 6.30. The lowest BCUT2D eigenvalue weighted by atomic mass is 9.44. The van der Waals surface area contributed by atoms with Gasteiger partial charge in [0.25, 0.3) is 0 Å². The molecule has 0 saturated heterocycles. The number of rotatable bonds is 5. The van der Waals surface area contributed by atoms with E-state index in [0.29, 0.717) is 35.0 Å². The van der Waals surface area contributed by atoms with Crippen molar-refractivity contribution in [2.24, 2.45) is 46.3 Å². The highest BCUT2D eigenvalue weighted by Crippen LogP contribution is 2.68. The number of ether oxygens (including phenoxy) is 2. The monoisotopic (exact) mass is 434 g/mol. The quantitative estimate of drug-likeness (QED) is 0.514. The lowest BCUT2D eigenvalue weighted by molar-refractivity contribution is -0.138. The molecule has 31 heavy (non-hydrogen) atoms. The Balaban J connectivity index is 1.45. The molecule has 0 aromatic heterocycles. The molecule has 0 unspecified atom stereocenters. The van der Waals surface area contributed by atoms with Crippen LogP contribution in [-0.4, -0.2) is 30.4 Å². The molecular formula is C26H42O5. The van der Waals surface area contributed by atoms with Gasteiger partial charge >= 0.3 is 12.1 Å². The molecule has 0 heterocycles. The molecule has 0 aromatic rings. The smallest absolute Gasteiger partial charge is 0.481 e. The van der Waals surface area contributed by atoms with Crippen molar-refractivity contribution in [3.8, 4) is 0 Å². The Labute approximate surface area is 187 Å². The van der Waals surface area contributed by atoms with Crippen molar-refractivity contribution >= 4 is 12.1 Å². The minimum atomic E-state index is -0.659. The Morgan fingerprint density at radius 2 is 1.71 bits per heavy atom. The fourth-order valence-corrected chi connectivity index (χ4v) is 9.04. The van der Waals surface area contributed by atoms with Crippen LogP contribution in [-0.2, 0) is 14.3 Å². The Bertz CT molecular complexity index is 691. The van der Waals surface area contributed by atoms with E-state index in [1.54, 1.807) is 0 Å². The topological polar surface area (TPSA) is 72.8 Å². The molecule has 5 nitrogen and oxygen atoms in total. The number of aliphatic carboxylic acids is 1. The van der Waals surface area contributed by atoms with Gasteiger partial charge in [0.2, 0.25) is 0 Å². The van der Waals surface area contributed by atoms with Crippen molar-refractivity contribution in [1.29, 1.82) is 0 Å². The van der Waals surface area contributed by atoms with Crippen LogP contribution in [0.25, 0.3) is 0 Å². The number of carbonyl (C=O) groups is 2. The summed E-state index contributed by atoms with van der Waals surface area (Å²) in [5.41, 5.74) is 0.751. The van der Waals surface area contributed by atoms with E-state index in [1.165, 1.54) is 45.6 Å². The maximum Gasteiger partial charge on any atom is 0.508 e. The molecule has 0 aromatic carbocycles. The van der Waals surface area contributed by atoms with Crippen molar-refractivity contribution in [2.75, 3.05) is 7.11 Å². The molecule has 1 N–H and O–H groups in total. The van der Waals surface area contributed by atoms with Gasteiger partial charge in [0, 0.05) is 6.42 Å². The van der Waals surface area contributed by atoms with Crippen LogP contribution in [0.2, 0.25) is 0 Å². The summed E-state index contributed by atoms with van der Waals surface area (Å²) in [5.74, 6) is 3.56. The van der Waals surface area contributed by atoms with Gasteiger partial charge in [-0.05, 0) is 111 Å². The first-order valence-electron chi connectivity index (χ1n) is 12.7. The van der Waals surface area contributed by atoms with Gasteiger partial charge in [0.1, 0.15) is 6.10 Å². The van der Waals surface area contributed by atoms with Crippen molar-refractivity contribution in [2.45, 2.75) is 97.5 Å². The summed E-state index contributed by atoms with van der Waals surface area (Å²) in [4.78, 5) is 22.7. The summed E-state index contributed by atoms with van der Waals surface area (Å²) in [6.45, 7) is 7.37. The van der Waals surface area contributed by atoms with Crippen LogP contribution in [0.15, 0.2) is 0 Å². The van der Waals surface area contributed by atoms with Gasteiger partial charge in [-0.1, -0.05) is 20.8 Å². The fraction of sp³-hybridized carbons (Fsp3) is 0.923. The molecule has 176 valence electrons. The first kappa shape index (κ1) is 22.9. The molecule has 4 saturated carbocycles. The zero-order valence-corrected chi connectivity index (χ0v) is 19.9. The summed E-state index contributed by atoms with van der Waals surface area (Å²) < 4.78 is 10.3. The maximum atomic E-state index is 11.6. The number of hydrogen-bond donors (Lipinski definition) is 1. The lowest BCUT2D eigenvalue weighted by Gasteiger charge is -2.61. The fourth-order valence-electron chi connectivity index (χ4n) is 9.04. The van der Waals surface area contributed by atoms with Gasteiger partial charge in [-0.25, -0.2) is 4.79 Å².